The molecular formula is C22H17N3O6. The van der Waals surface area contributed by atoms with Crippen molar-refractivity contribution in [2.75, 3.05) is 5.43 Å². The van der Waals surface area contributed by atoms with Crippen LogP contribution < -0.4 is 10.2 Å². The molecule has 0 radical (unpaired) electrons. The van der Waals surface area contributed by atoms with Crippen LogP contribution in [0, 0.1) is 10.1 Å². The maximum atomic E-state index is 13.0. The molecule has 4 rings (SSSR count). The number of carbonyl (C=O) groups excluding carboxylic acids is 2. The van der Waals surface area contributed by atoms with Crippen LogP contribution in [0.15, 0.2) is 78.9 Å². The molecule has 31 heavy (non-hydrogen) atoms. The molecule has 1 saturated heterocycles. The van der Waals surface area contributed by atoms with Gasteiger partial charge in [-0.05, 0) is 37.3 Å². The zero-order chi connectivity index (χ0) is 22.0. The minimum absolute atomic E-state index is 0.00587. The number of hydrogen-bond donors (Lipinski definition) is 1. The van der Waals surface area contributed by atoms with Crippen molar-refractivity contribution in [2.45, 2.75) is 12.5 Å². The Morgan fingerprint density at radius 1 is 0.935 bits per heavy atom. The molecule has 1 aliphatic rings. The third-order valence-corrected chi connectivity index (χ3v) is 4.80. The summed E-state index contributed by atoms with van der Waals surface area (Å²) < 4.78 is 11.1. The van der Waals surface area contributed by atoms with Crippen molar-refractivity contribution in [1.82, 2.24) is 5.01 Å². The SMILES string of the molecule is CC1(c2ccc(Oc3ccccc3)cc2)OC(=O)N(Nc2ccccc2[N+](=O)[O-])C1=O. The number of nitro groups is 1. The topological polar surface area (TPSA) is 111 Å². The molecular weight excluding hydrogens is 402 g/mol. The first kappa shape index (κ1) is 19.9. The molecule has 0 saturated carbocycles. The molecule has 0 aromatic heterocycles. The van der Waals surface area contributed by atoms with Crippen molar-refractivity contribution >= 4 is 23.4 Å². The summed E-state index contributed by atoms with van der Waals surface area (Å²) in [6.07, 6.45) is -0.963. The molecule has 156 valence electrons. The van der Waals surface area contributed by atoms with E-state index in [0.717, 1.165) is 0 Å². The highest BCUT2D eigenvalue weighted by Crippen LogP contribution is 2.36. The van der Waals surface area contributed by atoms with Gasteiger partial charge in [-0.2, -0.15) is 0 Å². The van der Waals surface area contributed by atoms with Crippen molar-refractivity contribution in [2.24, 2.45) is 0 Å². The molecule has 1 fully saturated rings. The van der Waals surface area contributed by atoms with E-state index in [4.69, 9.17) is 9.47 Å². The Morgan fingerprint density at radius 3 is 2.23 bits per heavy atom. The van der Waals surface area contributed by atoms with Crippen LogP contribution in [0.25, 0.3) is 0 Å². The van der Waals surface area contributed by atoms with Crippen LogP contribution in [0.2, 0.25) is 0 Å². The third kappa shape index (κ3) is 3.76. The first-order valence-electron chi connectivity index (χ1n) is 9.29. The lowest BCUT2D eigenvalue weighted by Crippen LogP contribution is -2.40. The number of ether oxygens (including phenoxy) is 2. The predicted octanol–water partition coefficient (Wildman–Crippen LogP) is 4.61. The number of hydrazine groups is 1. The van der Waals surface area contributed by atoms with Gasteiger partial charge in [0.1, 0.15) is 17.2 Å². The number of amides is 2. The van der Waals surface area contributed by atoms with Gasteiger partial charge < -0.3 is 9.47 Å². The number of cyclic esters (lactones) is 1. The zero-order valence-corrected chi connectivity index (χ0v) is 16.3. The van der Waals surface area contributed by atoms with Crippen LogP contribution in [0.4, 0.5) is 16.2 Å². The summed E-state index contributed by atoms with van der Waals surface area (Å²) in [6.45, 7) is 1.46. The minimum atomic E-state index is -1.60. The van der Waals surface area contributed by atoms with E-state index in [9.17, 15) is 19.7 Å². The summed E-state index contributed by atoms with van der Waals surface area (Å²) in [5.41, 5.74) is 1.05. The van der Waals surface area contributed by atoms with E-state index < -0.39 is 22.5 Å². The fourth-order valence-electron chi connectivity index (χ4n) is 3.15. The largest absolute Gasteiger partial charge is 0.457 e. The number of rotatable bonds is 6. The number of nitrogens with zero attached hydrogens (tertiary/aromatic N) is 2. The van der Waals surface area contributed by atoms with Crippen molar-refractivity contribution in [3.8, 4) is 11.5 Å². The van der Waals surface area contributed by atoms with Gasteiger partial charge in [-0.15, -0.1) is 5.01 Å². The zero-order valence-electron chi connectivity index (χ0n) is 16.3. The monoisotopic (exact) mass is 419 g/mol. The van der Waals surface area contributed by atoms with Crippen molar-refractivity contribution < 1.29 is 24.0 Å². The predicted molar refractivity (Wildman–Crippen MR) is 110 cm³/mol. The normalized spacial score (nSPS) is 17.9. The highest BCUT2D eigenvalue weighted by molar-refractivity contribution is 6.04. The summed E-state index contributed by atoms with van der Waals surface area (Å²) >= 11 is 0. The van der Waals surface area contributed by atoms with E-state index in [-0.39, 0.29) is 11.4 Å². The van der Waals surface area contributed by atoms with Crippen molar-refractivity contribution in [1.29, 1.82) is 0 Å². The van der Waals surface area contributed by atoms with E-state index in [2.05, 4.69) is 5.43 Å². The number of nitro benzene ring substituents is 1. The highest BCUT2D eigenvalue weighted by Gasteiger charge is 2.52. The van der Waals surface area contributed by atoms with Gasteiger partial charge in [-0.3, -0.25) is 20.3 Å². The van der Waals surface area contributed by atoms with E-state index in [1.165, 1.54) is 25.1 Å². The van der Waals surface area contributed by atoms with Gasteiger partial charge in [0.2, 0.25) is 5.60 Å². The second-order valence-electron chi connectivity index (χ2n) is 6.87. The van der Waals surface area contributed by atoms with Gasteiger partial charge >= 0.3 is 6.09 Å². The van der Waals surface area contributed by atoms with Crippen molar-refractivity contribution in [3.05, 3.63) is 94.5 Å². The summed E-state index contributed by atoms with van der Waals surface area (Å²) in [6, 6.07) is 21.4. The average Bonchev–Trinajstić information content (AvgIpc) is 2.99. The van der Waals surface area contributed by atoms with Crippen LogP contribution in [0.1, 0.15) is 12.5 Å². The Labute approximate surface area is 176 Å². The lowest BCUT2D eigenvalue weighted by molar-refractivity contribution is -0.384. The van der Waals surface area contributed by atoms with Gasteiger partial charge in [0, 0.05) is 11.6 Å². The second kappa shape index (κ2) is 7.79. The molecule has 1 aliphatic heterocycles. The molecule has 1 atom stereocenters. The molecule has 1 heterocycles. The quantitative estimate of drug-likeness (QED) is 0.459. The number of para-hydroxylation sites is 3. The number of hydrogen-bond acceptors (Lipinski definition) is 7. The first-order chi connectivity index (χ1) is 14.9. The Hall–Kier alpha value is -4.40. The van der Waals surface area contributed by atoms with Gasteiger partial charge in [0.25, 0.3) is 11.6 Å². The Kier molecular flexibility index (Phi) is 5.00. The third-order valence-electron chi connectivity index (χ3n) is 4.80. The van der Waals surface area contributed by atoms with E-state index in [1.54, 1.807) is 30.3 Å². The molecule has 3 aromatic carbocycles. The number of benzene rings is 3. The van der Waals surface area contributed by atoms with Crippen LogP contribution in [0.5, 0.6) is 11.5 Å². The molecule has 0 bridgehead atoms. The number of carbonyl (C=O) groups is 2. The number of imide groups is 1. The van der Waals surface area contributed by atoms with E-state index in [1.807, 2.05) is 30.3 Å². The van der Waals surface area contributed by atoms with Gasteiger partial charge in [0.05, 0.1) is 4.92 Å². The van der Waals surface area contributed by atoms with Crippen LogP contribution >= 0.6 is 0 Å². The Morgan fingerprint density at radius 2 is 1.55 bits per heavy atom. The Bertz CT molecular complexity index is 1150. The maximum absolute atomic E-state index is 13.0. The van der Waals surface area contributed by atoms with E-state index in [0.29, 0.717) is 22.1 Å². The summed E-state index contributed by atoms with van der Waals surface area (Å²) in [4.78, 5) is 36.0. The standard InChI is InChI=1S/C22H17N3O6/c1-22(15-11-13-17(14-12-15)30-16-7-3-2-4-8-16)20(26)24(21(27)31-22)23-18-9-5-6-10-19(18)25(28)29/h2-14,23H,1H3. The average molecular weight is 419 g/mol. The smallest absolute Gasteiger partial charge is 0.437 e. The lowest BCUT2D eigenvalue weighted by atomic mass is 9.95. The van der Waals surface area contributed by atoms with Crippen LogP contribution in [-0.2, 0) is 15.1 Å². The fourth-order valence-corrected chi connectivity index (χ4v) is 3.15. The highest BCUT2D eigenvalue weighted by atomic mass is 16.6. The molecule has 9 heteroatoms. The van der Waals surface area contributed by atoms with Gasteiger partial charge in [-0.25, -0.2) is 4.79 Å². The van der Waals surface area contributed by atoms with Gasteiger partial charge in [0.15, 0.2) is 0 Å². The molecule has 1 N–H and O–H groups in total. The summed E-state index contributed by atoms with van der Waals surface area (Å²) in [5, 5.41) is 11.8. The lowest BCUT2D eigenvalue weighted by Gasteiger charge is -2.21. The van der Waals surface area contributed by atoms with E-state index >= 15 is 0 Å². The second-order valence-corrected chi connectivity index (χ2v) is 6.87. The van der Waals surface area contributed by atoms with Crippen LogP contribution in [0.3, 0.4) is 0 Å². The molecule has 9 nitrogen and oxygen atoms in total. The fraction of sp³-hybridized carbons (Fsp3) is 0.0909. The molecule has 0 aliphatic carbocycles. The van der Waals surface area contributed by atoms with Gasteiger partial charge in [-0.1, -0.05) is 42.5 Å². The van der Waals surface area contributed by atoms with Crippen LogP contribution in [-0.4, -0.2) is 21.9 Å². The molecule has 3 aromatic rings. The maximum Gasteiger partial charge on any atom is 0.437 e. The summed E-state index contributed by atoms with van der Waals surface area (Å²) in [5.74, 6) is 0.502. The summed E-state index contributed by atoms with van der Waals surface area (Å²) in [7, 11) is 0. The Balaban J connectivity index is 1.55. The number of anilines is 1. The molecule has 2 amide bonds. The minimum Gasteiger partial charge on any atom is -0.457 e. The first-order valence-corrected chi connectivity index (χ1v) is 9.29. The van der Waals surface area contributed by atoms with Crippen molar-refractivity contribution in [3.63, 3.8) is 0 Å². The number of nitrogens with one attached hydrogen (secondary N) is 1. The molecule has 1 unspecified atom stereocenters. The molecule has 0 spiro atoms.